The Labute approximate surface area is 118 Å². The predicted octanol–water partition coefficient (Wildman–Crippen LogP) is 2.85. The van der Waals surface area contributed by atoms with Crippen LogP contribution in [0.3, 0.4) is 0 Å². The van der Waals surface area contributed by atoms with Crippen molar-refractivity contribution in [3.63, 3.8) is 0 Å². The van der Waals surface area contributed by atoms with E-state index in [1.54, 1.807) is 24.1 Å². The average Bonchev–Trinajstić information content (AvgIpc) is 2.61. The summed E-state index contributed by atoms with van der Waals surface area (Å²) in [6, 6.07) is -0.0513. The molecule has 0 spiro atoms. The number of carboxylic acid groups (broad SMARTS) is 1. The smallest absolute Gasteiger partial charge is 0.335 e. The molecule has 1 N–H and O–H groups in total. The van der Waals surface area contributed by atoms with Crippen LogP contribution in [0.1, 0.15) is 19.8 Å². The van der Waals surface area contributed by atoms with E-state index in [-0.39, 0.29) is 11.6 Å². The molecule has 4 nitrogen and oxygen atoms in total. The topological polar surface area (TPSA) is 49.8 Å². The van der Waals surface area contributed by atoms with E-state index >= 15 is 0 Å². The molecule has 5 heteroatoms. The monoisotopic (exact) mass is 283 g/mol. The van der Waals surface area contributed by atoms with Crippen molar-refractivity contribution < 1.29 is 14.6 Å². The van der Waals surface area contributed by atoms with Gasteiger partial charge in [0.15, 0.2) is 0 Å². The second-order valence-electron chi connectivity index (χ2n) is 4.25. The van der Waals surface area contributed by atoms with Crippen molar-refractivity contribution >= 4 is 17.9 Å². The normalized spacial score (nSPS) is 18.8. The Kier molecular flexibility index (Phi) is 6.73. The summed E-state index contributed by atoms with van der Waals surface area (Å²) in [6.07, 6.45) is 11.1. The van der Waals surface area contributed by atoms with E-state index in [0.717, 1.165) is 12.8 Å². The third-order valence-corrected chi connectivity index (χ3v) is 3.65. The molecule has 0 aromatic heterocycles. The van der Waals surface area contributed by atoms with Crippen LogP contribution in [0, 0.1) is 0 Å². The maximum Gasteiger partial charge on any atom is 0.335 e. The van der Waals surface area contributed by atoms with Crippen LogP contribution in [0.2, 0.25) is 0 Å². The molecule has 1 rings (SSSR count). The highest BCUT2D eigenvalue weighted by atomic mass is 32.2. The maximum absolute atomic E-state index is 11.2. The van der Waals surface area contributed by atoms with Gasteiger partial charge in [0.25, 0.3) is 0 Å². The number of likely N-dealkylation sites (N-methyl/N-ethyl adjacent to an activating group) is 1. The zero-order valence-electron chi connectivity index (χ0n) is 11.6. The number of aliphatic carboxylic acids is 1. The maximum atomic E-state index is 11.2. The van der Waals surface area contributed by atoms with Crippen molar-refractivity contribution in [3.8, 4) is 0 Å². The first kappa shape index (κ1) is 15.9. The number of carbonyl (C=O) groups is 1. The van der Waals surface area contributed by atoms with Gasteiger partial charge in [0.2, 0.25) is 0 Å². The Hall–Kier alpha value is -1.20. The van der Waals surface area contributed by atoms with Crippen LogP contribution in [0.15, 0.2) is 35.6 Å². The summed E-state index contributed by atoms with van der Waals surface area (Å²) in [5, 5.41) is 9.20. The lowest BCUT2D eigenvalue weighted by molar-refractivity contribution is -0.132. The molecular formula is C14H21NO3S. The van der Waals surface area contributed by atoms with Crippen LogP contribution >= 0.6 is 11.9 Å². The highest BCUT2D eigenvalue weighted by molar-refractivity contribution is 7.96. The molecule has 0 fully saturated rings. The second kappa shape index (κ2) is 8.07. The molecule has 106 valence electrons. The van der Waals surface area contributed by atoms with Crippen LogP contribution in [-0.2, 0) is 9.53 Å². The van der Waals surface area contributed by atoms with Crippen molar-refractivity contribution in [2.24, 2.45) is 0 Å². The Balaban J connectivity index is 2.85. The highest BCUT2D eigenvalue weighted by Gasteiger charge is 2.16. The molecule has 0 radical (unpaired) electrons. The zero-order chi connectivity index (χ0) is 14.3. The first-order valence-corrected chi connectivity index (χ1v) is 7.51. The number of allylic oxidation sites excluding steroid dienone is 1. The number of nitrogens with zero attached hydrogens (tertiary/aromatic N) is 1. The summed E-state index contributed by atoms with van der Waals surface area (Å²) in [7, 11) is 1.93. The lowest BCUT2D eigenvalue weighted by Crippen LogP contribution is -2.21. The molecule has 0 saturated heterocycles. The van der Waals surface area contributed by atoms with Crippen molar-refractivity contribution in [1.82, 2.24) is 4.31 Å². The van der Waals surface area contributed by atoms with Crippen molar-refractivity contribution in [1.29, 1.82) is 0 Å². The van der Waals surface area contributed by atoms with Gasteiger partial charge in [-0.3, -0.25) is 0 Å². The lowest BCUT2D eigenvalue weighted by atomic mass is 10.2. The minimum Gasteiger partial charge on any atom is -0.494 e. The Bertz CT molecular complexity index is 401. The summed E-state index contributed by atoms with van der Waals surface area (Å²) >= 11 is 1.56. The van der Waals surface area contributed by atoms with Gasteiger partial charge in [-0.2, -0.15) is 0 Å². The average molecular weight is 283 g/mol. The SMILES string of the molecule is CCCCOC1=CC(C(=O)O)=CC(N(C)SC)C=C1. The molecule has 1 unspecified atom stereocenters. The molecule has 0 aliphatic heterocycles. The quantitative estimate of drug-likeness (QED) is 0.575. The molecule has 0 aromatic rings. The number of hydrogen-bond acceptors (Lipinski definition) is 4. The Morgan fingerprint density at radius 3 is 2.89 bits per heavy atom. The van der Waals surface area contributed by atoms with Crippen LogP contribution in [-0.4, -0.2) is 41.3 Å². The Morgan fingerprint density at radius 1 is 1.58 bits per heavy atom. The minimum absolute atomic E-state index is 0.0513. The molecule has 1 aliphatic rings. The van der Waals surface area contributed by atoms with Crippen molar-refractivity contribution in [3.05, 3.63) is 35.6 Å². The highest BCUT2D eigenvalue weighted by Crippen LogP contribution is 2.19. The van der Waals surface area contributed by atoms with E-state index in [1.165, 1.54) is 0 Å². The van der Waals surface area contributed by atoms with Crippen LogP contribution in [0.25, 0.3) is 0 Å². The molecule has 0 aromatic carbocycles. The van der Waals surface area contributed by atoms with Gasteiger partial charge < -0.3 is 9.84 Å². The number of carboxylic acids is 1. The van der Waals surface area contributed by atoms with Crippen LogP contribution in [0.4, 0.5) is 0 Å². The summed E-state index contributed by atoms with van der Waals surface area (Å²) < 4.78 is 7.58. The van der Waals surface area contributed by atoms with Gasteiger partial charge >= 0.3 is 5.97 Å². The van der Waals surface area contributed by atoms with Crippen molar-refractivity contribution in [2.45, 2.75) is 25.8 Å². The van der Waals surface area contributed by atoms with Gasteiger partial charge in [0, 0.05) is 0 Å². The third-order valence-electron chi connectivity index (χ3n) is 2.83. The van der Waals surface area contributed by atoms with Gasteiger partial charge in [0.1, 0.15) is 5.76 Å². The molecule has 0 bridgehead atoms. The summed E-state index contributed by atoms with van der Waals surface area (Å²) in [5.74, 6) is -0.320. The molecule has 19 heavy (non-hydrogen) atoms. The number of ether oxygens (including phenoxy) is 1. The van der Waals surface area contributed by atoms with Gasteiger partial charge in [-0.15, -0.1) is 0 Å². The van der Waals surface area contributed by atoms with Gasteiger partial charge in [-0.25, -0.2) is 9.10 Å². The van der Waals surface area contributed by atoms with Crippen molar-refractivity contribution in [2.75, 3.05) is 19.9 Å². The fourth-order valence-electron chi connectivity index (χ4n) is 1.59. The zero-order valence-corrected chi connectivity index (χ0v) is 12.4. The van der Waals surface area contributed by atoms with E-state index in [4.69, 9.17) is 4.74 Å². The fourth-order valence-corrected chi connectivity index (χ4v) is 1.96. The standard InChI is InChI=1S/C14H21NO3S/c1-4-5-8-18-13-7-6-12(15(2)19-3)9-11(10-13)14(16)17/h6-7,9-10,12H,4-5,8H2,1-3H3,(H,16,17). The summed E-state index contributed by atoms with van der Waals surface area (Å²) in [4.78, 5) is 11.2. The van der Waals surface area contributed by atoms with Crippen LogP contribution in [0.5, 0.6) is 0 Å². The lowest BCUT2D eigenvalue weighted by Gasteiger charge is -2.19. The van der Waals surface area contributed by atoms with E-state index in [9.17, 15) is 9.90 Å². The van der Waals surface area contributed by atoms with Gasteiger partial charge in [0.05, 0.1) is 18.2 Å². The molecule has 0 heterocycles. The minimum atomic E-state index is -0.931. The van der Waals surface area contributed by atoms with E-state index in [1.807, 2.05) is 29.8 Å². The molecule has 0 amide bonds. The third kappa shape index (κ3) is 5.12. The second-order valence-corrected chi connectivity index (χ2v) is 5.20. The predicted molar refractivity (Wildman–Crippen MR) is 78.9 cm³/mol. The molecular weight excluding hydrogens is 262 g/mol. The largest absolute Gasteiger partial charge is 0.494 e. The summed E-state index contributed by atoms with van der Waals surface area (Å²) in [5.41, 5.74) is 0.266. The number of hydrogen-bond donors (Lipinski definition) is 1. The Morgan fingerprint density at radius 2 is 2.32 bits per heavy atom. The summed E-state index contributed by atoms with van der Waals surface area (Å²) in [6.45, 7) is 2.70. The van der Waals surface area contributed by atoms with E-state index < -0.39 is 5.97 Å². The van der Waals surface area contributed by atoms with Gasteiger partial charge in [-0.05, 0) is 38.0 Å². The number of rotatable bonds is 7. The van der Waals surface area contributed by atoms with E-state index in [0.29, 0.717) is 12.4 Å². The molecule has 0 saturated carbocycles. The van der Waals surface area contributed by atoms with Crippen LogP contribution < -0.4 is 0 Å². The molecule has 1 atom stereocenters. The van der Waals surface area contributed by atoms with Gasteiger partial charge in [-0.1, -0.05) is 31.4 Å². The fraction of sp³-hybridized carbons (Fsp3) is 0.500. The number of unbranched alkanes of at least 4 members (excludes halogenated alkanes) is 1. The first-order valence-electron chi connectivity index (χ1n) is 6.33. The first-order chi connectivity index (χ1) is 9.08. The molecule has 1 aliphatic carbocycles. The van der Waals surface area contributed by atoms with E-state index in [2.05, 4.69) is 6.92 Å².